The second kappa shape index (κ2) is 21.8. The maximum Gasteiger partial charge on any atom is 3.00 e. The van der Waals surface area contributed by atoms with Crippen LogP contribution in [0.3, 0.4) is 0 Å². The molecule has 0 bridgehead atoms. The van der Waals surface area contributed by atoms with Gasteiger partial charge in [0.05, 0.1) is 0 Å². The van der Waals surface area contributed by atoms with E-state index in [-0.39, 0.29) is 146 Å². The summed E-state index contributed by atoms with van der Waals surface area (Å²) in [6, 6.07) is 9.55. The van der Waals surface area contributed by atoms with Crippen LogP contribution in [0.4, 0.5) is 0 Å². The second-order valence-corrected chi connectivity index (χ2v) is 3.02. The summed E-state index contributed by atoms with van der Waals surface area (Å²) in [5.41, 5.74) is 2.53. The molecule has 0 saturated heterocycles. The van der Waals surface area contributed by atoms with Crippen molar-refractivity contribution in [2.45, 2.75) is 26.7 Å². The summed E-state index contributed by atoms with van der Waals surface area (Å²) in [5.74, 6) is 0.608. The van der Waals surface area contributed by atoms with Crippen LogP contribution in [0.5, 0.6) is 0 Å². The molecule has 0 amide bonds. The smallest absolute Gasteiger partial charge is 0.371 e. The third-order valence-electron chi connectivity index (χ3n) is 1.84. The molecule has 1 rings (SSSR count). The Bertz CT molecular complexity index is 219. The van der Waals surface area contributed by atoms with Crippen LogP contribution < -0.4 is 0 Å². The first-order chi connectivity index (χ1) is 5.24. The molecule has 0 fully saturated rings. The molecule has 0 aliphatic carbocycles. The van der Waals surface area contributed by atoms with Gasteiger partial charge in [0.25, 0.3) is 0 Å². The molecule has 0 aliphatic heterocycles. The van der Waals surface area contributed by atoms with Gasteiger partial charge in [0, 0.05) is 98.1 Å². The monoisotopic (exact) mass is 532 g/mol. The minimum Gasteiger partial charge on any atom is -0.371 e. The molecule has 0 spiro atoms. The molecule has 3 radical (unpaired) electrons. The van der Waals surface area contributed by atoms with E-state index in [1.807, 2.05) is 6.92 Å². The second-order valence-electron chi connectivity index (χ2n) is 3.02. The van der Waals surface area contributed by atoms with E-state index in [0.717, 1.165) is 0 Å². The van der Waals surface area contributed by atoms with E-state index in [2.05, 4.69) is 44.5 Å². The van der Waals surface area contributed by atoms with Crippen molar-refractivity contribution in [3.05, 3.63) is 56.7 Å². The van der Waals surface area contributed by atoms with Crippen LogP contribution >= 0.6 is 0 Å². The Hall–Kier alpha value is 3.51. The molecular formula is C13H20Y4-. The van der Waals surface area contributed by atoms with Crippen molar-refractivity contribution in [2.24, 2.45) is 0 Å². The zero-order valence-electron chi connectivity index (χ0n) is 11.7. The molecule has 0 heterocycles. The van der Waals surface area contributed by atoms with E-state index in [1.165, 1.54) is 11.1 Å². The van der Waals surface area contributed by atoms with Gasteiger partial charge in [0.15, 0.2) is 0 Å². The molecule has 0 saturated carbocycles. The molecule has 0 unspecified atom stereocenters. The molecule has 1 aromatic carbocycles. The van der Waals surface area contributed by atoms with Crippen molar-refractivity contribution in [3.63, 3.8) is 0 Å². The van der Waals surface area contributed by atoms with Gasteiger partial charge in [0.1, 0.15) is 0 Å². The van der Waals surface area contributed by atoms with Crippen molar-refractivity contribution in [3.8, 4) is 0 Å². The van der Waals surface area contributed by atoms with Crippen LogP contribution in [0.1, 0.15) is 37.8 Å². The van der Waals surface area contributed by atoms with Crippen LogP contribution in [0.2, 0.25) is 0 Å². The molecule has 0 nitrogen and oxygen atoms in total. The first-order valence-corrected chi connectivity index (χ1v) is 4.05. The Labute approximate surface area is 210 Å². The van der Waals surface area contributed by atoms with E-state index in [4.69, 9.17) is 0 Å². The average Bonchev–Trinajstić information content (AvgIpc) is 2.05. The maximum absolute atomic E-state index is 3.21. The maximum atomic E-state index is 3.21. The van der Waals surface area contributed by atoms with Gasteiger partial charge in [-0.3, -0.25) is 6.07 Å². The van der Waals surface area contributed by atoms with E-state index in [0.29, 0.717) is 5.92 Å². The average molecular weight is 532 g/mol. The Kier molecular flexibility index (Phi) is 47.5. The largest absolute Gasteiger partial charge is 3.00 e. The molecule has 0 aromatic heterocycles. The van der Waals surface area contributed by atoms with Gasteiger partial charge in [-0.2, -0.15) is 12.1 Å². The number of hydrogen-bond acceptors (Lipinski definition) is 0. The standard InChI is InChI=1S/C11H14.2CH3.4Y/c1-4-10-5-7-11(8-6-10)9(2)3;;;;;;/h4-5,7-9H,1-3H3;2*1H3;;;;/q-2;2*-1;;;;+3. The zero-order valence-corrected chi connectivity index (χ0v) is 23.0. The normalized spacial score (nSPS) is 6.59. The Morgan fingerprint density at radius 3 is 1.76 bits per heavy atom. The van der Waals surface area contributed by atoms with Crippen molar-refractivity contribution >= 4 is 0 Å². The van der Waals surface area contributed by atoms with Crippen LogP contribution in [-0.2, 0) is 131 Å². The van der Waals surface area contributed by atoms with E-state index >= 15 is 0 Å². The summed E-state index contributed by atoms with van der Waals surface area (Å²) in [6.07, 6.45) is 2.06. The molecule has 0 atom stereocenters. The first-order valence-electron chi connectivity index (χ1n) is 4.05. The van der Waals surface area contributed by atoms with Gasteiger partial charge in [-0.1, -0.05) is 19.4 Å². The molecule has 4 heteroatoms. The minimum atomic E-state index is 0. The van der Waals surface area contributed by atoms with Crippen LogP contribution in [0.25, 0.3) is 0 Å². The Balaban J connectivity index is -0.0000000504. The predicted molar refractivity (Wildman–Crippen MR) is 61.3 cm³/mol. The molecule has 0 aliphatic rings. The molecule has 85 valence electrons. The predicted octanol–water partition coefficient (Wildman–Crippen LogP) is 4.07. The summed E-state index contributed by atoms with van der Waals surface area (Å²) in [5, 5.41) is 0. The van der Waals surface area contributed by atoms with Crippen LogP contribution in [0.15, 0.2) is 18.2 Å². The Morgan fingerprint density at radius 2 is 1.53 bits per heavy atom. The van der Waals surface area contributed by atoms with Gasteiger partial charge >= 0.3 is 32.7 Å². The zero-order chi connectivity index (χ0) is 8.27. The summed E-state index contributed by atoms with van der Waals surface area (Å²) < 4.78 is 0. The van der Waals surface area contributed by atoms with E-state index in [9.17, 15) is 0 Å². The molecule has 1 aromatic rings. The minimum absolute atomic E-state index is 0. The number of hydrogen-bond donors (Lipinski definition) is 0. The Morgan fingerprint density at radius 1 is 1.06 bits per heavy atom. The van der Waals surface area contributed by atoms with E-state index in [1.54, 1.807) is 0 Å². The van der Waals surface area contributed by atoms with Crippen LogP contribution in [0, 0.1) is 27.3 Å². The fourth-order valence-electron chi connectivity index (χ4n) is 0.988. The van der Waals surface area contributed by atoms with Crippen molar-refractivity contribution in [1.82, 2.24) is 0 Å². The van der Waals surface area contributed by atoms with Crippen molar-refractivity contribution < 1.29 is 131 Å². The first kappa shape index (κ1) is 37.1. The number of rotatable bonds is 2. The van der Waals surface area contributed by atoms with Gasteiger partial charge in [-0.05, 0) is 5.92 Å². The van der Waals surface area contributed by atoms with Crippen LogP contribution in [-0.4, -0.2) is 0 Å². The molecular weight excluding hydrogens is 512 g/mol. The summed E-state index contributed by atoms with van der Waals surface area (Å²) in [6.45, 7) is 6.41. The topological polar surface area (TPSA) is 0 Å². The fraction of sp³-hybridized carbons (Fsp3) is 0.308. The quantitative estimate of drug-likeness (QED) is 0.505. The fourth-order valence-corrected chi connectivity index (χ4v) is 0.988. The summed E-state index contributed by atoms with van der Waals surface area (Å²) in [7, 11) is 0. The summed E-state index contributed by atoms with van der Waals surface area (Å²) in [4.78, 5) is 0. The van der Waals surface area contributed by atoms with Gasteiger partial charge in [-0.15, -0.1) is 6.92 Å². The number of benzene rings is 1. The van der Waals surface area contributed by atoms with Gasteiger partial charge in [-0.25, -0.2) is 0 Å². The van der Waals surface area contributed by atoms with Gasteiger partial charge in [0.2, 0.25) is 0 Å². The summed E-state index contributed by atoms with van der Waals surface area (Å²) >= 11 is 0. The van der Waals surface area contributed by atoms with E-state index < -0.39 is 0 Å². The third-order valence-corrected chi connectivity index (χ3v) is 1.84. The molecule has 17 heavy (non-hydrogen) atoms. The molecule has 0 N–H and O–H groups in total. The van der Waals surface area contributed by atoms with Gasteiger partial charge < -0.3 is 32.9 Å². The SMILES string of the molecule is C[CH-]c1[c-]cc(C(C)C)cc1.[CH3-].[CH3-].[Y+3].[Y].[Y].[Y]. The van der Waals surface area contributed by atoms with Crippen molar-refractivity contribution in [2.75, 3.05) is 0 Å². The van der Waals surface area contributed by atoms with Crippen molar-refractivity contribution in [1.29, 1.82) is 0 Å². The third kappa shape index (κ3) is 15.7.